The Kier molecular flexibility index (Phi) is 5.65. The van der Waals surface area contributed by atoms with E-state index in [2.05, 4.69) is 58.4 Å². The van der Waals surface area contributed by atoms with Crippen LogP contribution in [0.4, 0.5) is 0 Å². The number of aromatic nitrogens is 1. The minimum absolute atomic E-state index is 0.589. The molecular weight excluding hydrogens is 400 g/mol. The quantitative estimate of drug-likeness (QED) is 0.433. The van der Waals surface area contributed by atoms with E-state index >= 15 is 0 Å². The van der Waals surface area contributed by atoms with E-state index in [9.17, 15) is 0 Å². The number of benzene rings is 3. The van der Waals surface area contributed by atoms with Crippen molar-refractivity contribution in [3.63, 3.8) is 0 Å². The standard InChI is InChI=1S/C27H26N2O3/c1-30-25-16-22(24-8-5-9-26(28-24)31-2)15-23-18-29(12-13-32-27(23)25)17-19-10-11-20-6-3-4-7-21(20)14-19/h3-11,14-16H,12-13,17-18H2,1-2H3. The van der Waals surface area contributed by atoms with Gasteiger partial charge in [-0.15, -0.1) is 0 Å². The van der Waals surface area contributed by atoms with Gasteiger partial charge in [0.15, 0.2) is 11.5 Å². The van der Waals surface area contributed by atoms with Crippen LogP contribution in [0.3, 0.4) is 0 Å². The van der Waals surface area contributed by atoms with Crippen molar-refractivity contribution in [2.45, 2.75) is 13.1 Å². The van der Waals surface area contributed by atoms with Crippen LogP contribution in [0.5, 0.6) is 17.4 Å². The second kappa shape index (κ2) is 8.89. The van der Waals surface area contributed by atoms with Gasteiger partial charge in [-0.3, -0.25) is 4.90 Å². The summed E-state index contributed by atoms with van der Waals surface area (Å²) in [7, 11) is 3.31. The van der Waals surface area contributed by atoms with Gasteiger partial charge in [-0.1, -0.05) is 42.5 Å². The zero-order valence-corrected chi connectivity index (χ0v) is 18.4. The molecule has 0 radical (unpaired) electrons. The molecule has 3 aromatic carbocycles. The first-order chi connectivity index (χ1) is 15.7. The lowest BCUT2D eigenvalue weighted by atomic mass is 10.0. The van der Waals surface area contributed by atoms with Crippen molar-refractivity contribution in [2.75, 3.05) is 27.4 Å². The lowest BCUT2D eigenvalue weighted by Gasteiger charge is -2.20. The zero-order chi connectivity index (χ0) is 21.9. The molecule has 0 spiro atoms. The lowest BCUT2D eigenvalue weighted by Crippen LogP contribution is -2.25. The summed E-state index contributed by atoms with van der Waals surface area (Å²) < 4.78 is 17.1. The Morgan fingerprint density at radius 1 is 0.906 bits per heavy atom. The van der Waals surface area contributed by atoms with Crippen LogP contribution >= 0.6 is 0 Å². The van der Waals surface area contributed by atoms with Gasteiger partial charge in [-0.2, -0.15) is 0 Å². The first-order valence-corrected chi connectivity index (χ1v) is 10.8. The van der Waals surface area contributed by atoms with E-state index in [0.29, 0.717) is 12.5 Å². The maximum absolute atomic E-state index is 6.13. The summed E-state index contributed by atoms with van der Waals surface area (Å²) in [6.07, 6.45) is 0. The SMILES string of the molecule is COc1cccc(-c2cc3c(c(OC)c2)OCCN(Cc2ccc4ccccc4c2)C3)n1. The van der Waals surface area contributed by atoms with Gasteiger partial charge in [0.05, 0.1) is 19.9 Å². The summed E-state index contributed by atoms with van der Waals surface area (Å²) in [5.41, 5.74) is 4.22. The zero-order valence-electron chi connectivity index (χ0n) is 18.4. The van der Waals surface area contributed by atoms with Crippen LogP contribution in [0.2, 0.25) is 0 Å². The van der Waals surface area contributed by atoms with Crippen molar-refractivity contribution in [2.24, 2.45) is 0 Å². The smallest absolute Gasteiger partial charge is 0.213 e. The number of nitrogens with zero attached hydrogens (tertiary/aromatic N) is 2. The fourth-order valence-corrected chi connectivity index (χ4v) is 4.26. The Morgan fingerprint density at radius 3 is 2.62 bits per heavy atom. The Morgan fingerprint density at radius 2 is 1.78 bits per heavy atom. The first-order valence-electron chi connectivity index (χ1n) is 10.8. The van der Waals surface area contributed by atoms with Gasteiger partial charge in [0, 0.05) is 36.8 Å². The van der Waals surface area contributed by atoms with Gasteiger partial charge in [0.1, 0.15) is 6.61 Å². The Hall–Kier alpha value is -3.57. The third-order valence-corrected chi connectivity index (χ3v) is 5.85. The number of methoxy groups -OCH3 is 2. The van der Waals surface area contributed by atoms with Crippen molar-refractivity contribution < 1.29 is 14.2 Å². The van der Waals surface area contributed by atoms with Crippen molar-refractivity contribution in [1.82, 2.24) is 9.88 Å². The van der Waals surface area contributed by atoms with Gasteiger partial charge in [-0.25, -0.2) is 4.98 Å². The summed E-state index contributed by atoms with van der Waals surface area (Å²) in [6.45, 7) is 3.10. The Labute approximate surface area is 188 Å². The summed E-state index contributed by atoms with van der Waals surface area (Å²) in [4.78, 5) is 7.01. The number of hydrogen-bond donors (Lipinski definition) is 0. The minimum Gasteiger partial charge on any atom is -0.493 e. The van der Waals surface area contributed by atoms with Crippen molar-refractivity contribution in [1.29, 1.82) is 0 Å². The first kappa shape index (κ1) is 20.3. The van der Waals surface area contributed by atoms with Crippen molar-refractivity contribution >= 4 is 10.8 Å². The maximum Gasteiger partial charge on any atom is 0.213 e. The molecule has 1 aliphatic heterocycles. The largest absolute Gasteiger partial charge is 0.493 e. The van der Waals surface area contributed by atoms with Crippen LogP contribution in [-0.2, 0) is 13.1 Å². The molecule has 0 unspecified atom stereocenters. The Balaban J connectivity index is 1.46. The predicted molar refractivity (Wildman–Crippen MR) is 126 cm³/mol. The molecule has 0 amide bonds. The molecular formula is C27H26N2O3. The molecule has 4 aromatic rings. The van der Waals surface area contributed by atoms with E-state index in [1.165, 1.54) is 16.3 Å². The average Bonchev–Trinajstić information content (AvgIpc) is 3.05. The van der Waals surface area contributed by atoms with Gasteiger partial charge < -0.3 is 14.2 Å². The molecule has 5 rings (SSSR count). The molecule has 1 aliphatic rings. The molecule has 0 aliphatic carbocycles. The summed E-state index contributed by atoms with van der Waals surface area (Å²) >= 11 is 0. The molecule has 1 aromatic heterocycles. The lowest BCUT2D eigenvalue weighted by molar-refractivity contribution is 0.217. The van der Waals surface area contributed by atoms with E-state index in [0.717, 1.165) is 48.0 Å². The third-order valence-electron chi connectivity index (χ3n) is 5.85. The van der Waals surface area contributed by atoms with Gasteiger partial charge >= 0.3 is 0 Å². The van der Waals surface area contributed by atoms with Crippen LogP contribution in [0.1, 0.15) is 11.1 Å². The number of fused-ring (bicyclic) bond motifs is 2. The van der Waals surface area contributed by atoms with Gasteiger partial charge in [-0.05, 0) is 40.6 Å². The topological polar surface area (TPSA) is 43.8 Å². The monoisotopic (exact) mass is 426 g/mol. The highest BCUT2D eigenvalue weighted by Gasteiger charge is 2.21. The molecule has 0 saturated carbocycles. The van der Waals surface area contributed by atoms with E-state index in [-0.39, 0.29) is 0 Å². The minimum atomic E-state index is 0.589. The summed E-state index contributed by atoms with van der Waals surface area (Å²) in [5.74, 6) is 2.14. The number of rotatable bonds is 5. The van der Waals surface area contributed by atoms with E-state index in [1.807, 2.05) is 24.3 Å². The highest BCUT2D eigenvalue weighted by atomic mass is 16.5. The highest BCUT2D eigenvalue weighted by Crippen LogP contribution is 2.38. The maximum atomic E-state index is 6.13. The molecule has 0 fully saturated rings. The van der Waals surface area contributed by atoms with E-state index < -0.39 is 0 Å². The van der Waals surface area contributed by atoms with Gasteiger partial charge in [0.25, 0.3) is 0 Å². The average molecular weight is 427 g/mol. The molecule has 32 heavy (non-hydrogen) atoms. The molecule has 5 nitrogen and oxygen atoms in total. The second-order valence-electron chi connectivity index (χ2n) is 7.97. The molecule has 2 heterocycles. The summed E-state index contributed by atoms with van der Waals surface area (Å²) in [5, 5.41) is 2.53. The fourth-order valence-electron chi connectivity index (χ4n) is 4.26. The second-order valence-corrected chi connectivity index (χ2v) is 7.97. The normalized spacial score (nSPS) is 13.8. The van der Waals surface area contributed by atoms with Crippen LogP contribution in [0.25, 0.3) is 22.0 Å². The van der Waals surface area contributed by atoms with Crippen molar-refractivity contribution in [3.05, 3.63) is 83.9 Å². The molecule has 0 atom stereocenters. The van der Waals surface area contributed by atoms with E-state index in [1.54, 1.807) is 14.2 Å². The molecule has 5 heteroatoms. The number of pyridine rings is 1. The molecule has 162 valence electrons. The molecule has 0 saturated heterocycles. The van der Waals surface area contributed by atoms with Crippen LogP contribution in [0, 0.1) is 0 Å². The van der Waals surface area contributed by atoms with Gasteiger partial charge in [0.2, 0.25) is 5.88 Å². The number of hydrogen-bond acceptors (Lipinski definition) is 5. The molecule has 0 N–H and O–H groups in total. The van der Waals surface area contributed by atoms with Crippen LogP contribution in [-0.4, -0.2) is 37.3 Å². The summed E-state index contributed by atoms with van der Waals surface area (Å²) in [6, 6.07) is 25.1. The predicted octanol–water partition coefficient (Wildman–Crippen LogP) is 5.31. The van der Waals surface area contributed by atoms with Crippen molar-refractivity contribution in [3.8, 4) is 28.6 Å². The van der Waals surface area contributed by atoms with E-state index in [4.69, 9.17) is 14.2 Å². The van der Waals surface area contributed by atoms with Crippen LogP contribution in [0.15, 0.2) is 72.8 Å². The third kappa shape index (κ3) is 4.12. The highest BCUT2D eigenvalue weighted by molar-refractivity contribution is 5.83. The fraction of sp³-hybridized carbons (Fsp3) is 0.222. The number of ether oxygens (including phenoxy) is 3. The van der Waals surface area contributed by atoms with Crippen LogP contribution < -0.4 is 14.2 Å². The Bertz CT molecular complexity index is 1250. The molecule has 0 bridgehead atoms.